The van der Waals surface area contributed by atoms with Crippen molar-refractivity contribution in [3.8, 4) is 0 Å². The van der Waals surface area contributed by atoms with Crippen LogP contribution in [0.15, 0.2) is 64.5 Å². The van der Waals surface area contributed by atoms with Crippen molar-refractivity contribution < 1.29 is 13.2 Å². The molecule has 32 heavy (non-hydrogen) atoms. The minimum atomic E-state index is -3.46. The molecule has 0 atom stereocenters. The maximum Gasteiger partial charge on any atom is 0.243 e. The molecule has 0 radical (unpaired) electrons. The van der Waals surface area contributed by atoms with E-state index in [1.54, 1.807) is 22.6 Å². The van der Waals surface area contributed by atoms with Crippen LogP contribution in [0.25, 0.3) is 10.9 Å². The second kappa shape index (κ2) is 8.84. The second-order valence-corrected chi connectivity index (χ2v) is 11.1. The smallest absolute Gasteiger partial charge is 0.243 e. The average Bonchev–Trinajstić information content (AvgIpc) is 3.38. The summed E-state index contributed by atoms with van der Waals surface area (Å²) < 4.78 is 27.4. The lowest BCUT2D eigenvalue weighted by atomic mass is 10.0. The van der Waals surface area contributed by atoms with Crippen molar-refractivity contribution >= 4 is 44.3 Å². The van der Waals surface area contributed by atoms with Crippen molar-refractivity contribution in [3.63, 3.8) is 0 Å². The third-order valence-electron chi connectivity index (χ3n) is 6.13. The Morgan fingerprint density at radius 1 is 1.00 bits per heavy atom. The number of carbonyl (C=O) groups is 1. The summed E-state index contributed by atoms with van der Waals surface area (Å²) in [6.07, 6.45) is 5.21. The Morgan fingerprint density at radius 2 is 1.81 bits per heavy atom. The van der Waals surface area contributed by atoms with E-state index in [-0.39, 0.29) is 5.91 Å². The lowest BCUT2D eigenvalue weighted by Gasteiger charge is -2.30. The Bertz CT molecular complexity index is 1270. The summed E-state index contributed by atoms with van der Waals surface area (Å²) in [5.74, 6) is 0.355. The third-order valence-corrected chi connectivity index (χ3v) is 9.09. The molecule has 0 bridgehead atoms. The monoisotopic (exact) mass is 467 g/mol. The standard InChI is InChI=1S/C24H25N3O3S2/c28-24(17-31-23-11-12-25-21-8-2-1-7-20(21)23)27-15-5-6-18-16-19(9-10-22(18)27)32(29,30)26-13-3-4-14-26/h1-2,7-12,16H,3-6,13-15,17H2. The molecule has 8 heteroatoms. The fourth-order valence-electron chi connectivity index (χ4n) is 4.48. The molecule has 0 saturated carbocycles. The number of sulfonamides is 1. The summed E-state index contributed by atoms with van der Waals surface area (Å²) >= 11 is 1.52. The van der Waals surface area contributed by atoms with Gasteiger partial charge in [0.05, 0.1) is 16.2 Å². The van der Waals surface area contributed by atoms with Gasteiger partial charge in [-0.05, 0) is 61.6 Å². The first-order valence-corrected chi connectivity index (χ1v) is 13.4. The molecule has 2 aliphatic rings. The average molecular weight is 468 g/mol. The van der Waals surface area contributed by atoms with E-state index in [0.717, 1.165) is 52.7 Å². The zero-order valence-electron chi connectivity index (χ0n) is 17.7. The van der Waals surface area contributed by atoms with Gasteiger partial charge in [0.25, 0.3) is 0 Å². The quantitative estimate of drug-likeness (QED) is 0.529. The van der Waals surface area contributed by atoms with E-state index < -0.39 is 10.0 Å². The number of hydrogen-bond donors (Lipinski definition) is 0. The van der Waals surface area contributed by atoms with E-state index in [1.165, 1.54) is 11.8 Å². The van der Waals surface area contributed by atoms with Crippen LogP contribution < -0.4 is 4.90 Å². The summed E-state index contributed by atoms with van der Waals surface area (Å²) in [6, 6.07) is 15.1. The van der Waals surface area contributed by atoms with Crippen molar-refractivity contribution in [1.29, 1.82) is 0 Å². The van der Waals surface area contributed by atoms with E-state index in [9.17, 15) is 13.2 Å². The summed E-state index contributed by atoms with van der Waals surface area (Å²) in [4.78, 5) is 20.7. The first-order chi connectivity index (χ1) is 15.5. The molecule has 0 unspecified atom stereocenters. The molecular weight excluding hydrogens is 442 g/mol. The topological polar surface area (TPSA) is 70.6 Å². The van der Waals surface area contributed by atoms with Crippen LogP contribution >= 0.6 is 11.8 Å². The predicted molar refractivity (Wildman–Crippen MR) is 128 cm³/mol. The molecule has 0 spiro atoms. The molecule has 1 fully saturated rings. The molecule has 1 amide bonds. The van der Waals surface area contributed by atoms with Gasteiger partial charge >= 0.3 is 0 Å². The van der Waals surface area contributed by atoms with Crippen LogP contribution in [0.5, 0.6) is 0 Å². The fourth-order valence-corrected chi connectivity index (χ4v) is 6.97. The van der Waals surface area contributed by atoms with Crippen LogP contribution in [0.3, 0.4) is 0 Å². The van der Waals surface area contributed by atoms with Crippen LogP contribution in [0, 0.1) is 0 Å². The Morgan fingerprint density at radius 3 is 2.66 bits per heavy atom. The fraction of sp³-hybridized carbons (Fsp3) is 0.333. The molecular formula is C24H25N3O3S2. The predicted octanol–water partition coefficient (Wildman–Crippen LogP) is 4.09. The molecule has 3 heterocycles. The molecule has 2 aromatic carbocycles. The highest BCUT2D eigenvalue weighted by molar-refractivity contribution is 8.00. The number of aromatic nitrogens is 1. The number of carbonyl (C=O) groups excluding carboxylic acids is 1. The normalized spacial score (nSPS) is 16.9. The molecule has 2 aliphatic heterocycles. The van der Waals surface area contributed by atoms with Crippen molar-refractivity contribution in [2.24, 2.45) is 0 Å². The number of pyridine rings is 1. The number of fused-ring (bicyclic) bond motifs is 2. The van der Waals surface area contributed by atoms with Gasteiger partial charge in [-0.25, -0.2) is 8.42 Å². The zero-order valence-corrected chi connectivity index (χ0v) is 19.4. The Labute approximate surface area is 192 Å². The summed E-state index contributed by atoms with van der Waals surface area (Å²) in [7, 11) is -3.46. The number of rotatable bonds is 5. The minimum Gasteiger partial charge on any atom is -0.311 e. The van der Waals surface area contributed by atoms with Gasteiger partial charge in [0.1, 0.15) is 0 Å². The summed E-state index contributed by atoms with van der Waals surface area (Å²) in [6.45, 7) is 1.83. The van der Waals surface area contributed by atoms with E-state index in [1.807, 2.05) is 41.3 Å². The van der Waals surface area contributed by atoms with Crippen LogP contribution in [-0.4, -0.2) is 49.0 Å². The first-order valence-electron chi connectivity index (χ1n) is 10.9. The summed E-state index contributed by atoms with van der Waals surface area (Å²) in [5.41, 5.74) is 2.69. The van der Waals surface area contributed by atoms with Gasteiger partial charge in [-0.3, -0.25) is 9.78 Å². The number of nitrogens with zero attached hydrogens (tertiary/aromatic N) is 3. The van der Waals surface area contributed by atoms with Gasteiger partial charge in [0.2, 0.25) is 15.9 Å². The van der Waals surface area contributed by atoms with Gasteiger partial charge in [-0.2, -0.15) is 4.31 Å². The Balaban J connectivity index is 1.35. The van der Waals surface area contributed by atoms with Crippen molar-refractivity contribution in [2.45, 2.75) is 35.5 Å². The van der Waals surface area contributed by atoms with Crippen molar-refractivity contribution in [3.05, 3.63) is 60.3 Å². The minimum absolute atomic E-state index is 0.0343. The van der Waals surface area contributed by atoms with E-state index >= 15 is 0 Å². The maximum absolute atomic E-state index is 13.1. The van der Waals surface area contributed by atoms with Crippen molar-refractivity contribution in [1.82, 2.24) is 9.29 Å². The van der Waals surface area contributed by atoms with E-state index in [0.29, 0.717) is 30.3 Å². The molecule has 1 aromatic heterocycles. The lowest BCUT2D eigenvalue weighted by Crippen LogP contribution is -2.37. The number of benzene rings is 2. The van der Waals surface area contributed by atoms with Gasteiger partial charge in [0, 0.05) is 41.8 Å². The molecule has 6 nitrogen and oxygen atoms in total. The molecule has 166 valence electrons. The van der Waals surface area contributed by atoms with Crippen LogP contribution in [0.1, 0.15) is 24.8 Å². The van der Waals surface area contributed by atoms with E-state index in [2.05, 4.69) is 4.98 Å². The number of amides is 1. The van der Waals surface area contributed by atoms with Gasteiger partial charge in [-0.15, -0.1) is 11.8 Å². The number of para-hydroxylation sites is 1. The summed E-state index contributed by atoms with van der Waals surface area (Å²) in [5, 5.41) is 1.05. The highest BCUT2D eigenvalue weighted by Gasteiger charge is 2.29. The Hall–Kier alpha value is -2.42. The SMILES string of the molecule is O=C(CSc1ccnc2ccccc12)N1CCCc2cc(S(=O)(=O)N3CCCC3)ccc21. The second-order valence-electron chi connectivity index (χ2n) is 8.17. The molecule has 0 aliphatic carbocycles. The third kappa shape index (κ3) is 4.02. The van der Waals surface area contributed by atoms with Crippen LogP contribution in [-0.2, 0) is 21.2 Å². The van der Waals surface area contributed by atoms with Gasteiger partial charge < -0.3 is 4.90 Å². The lowest BCUT2D eigenvalue weighted by molar-refractivity contribution is -0.116. The highest BCUT2D eigenvalue weighted by atomic mass is 32.2. The van der Waals surface area contributed by atoms with Crippen LogP contribution in [0.4, 0.5) is 5.69 Å². The Kier molecular flexibility index (Phi) is 5.92. The first kappa shape index (κ1) is 21.4. The highest BCUT2D eigenvalue weighted by Crippen LogP contribution is 2.33. The van der Waals surface area contributed by atoms with Gasteiger partial charge in [0.15, 0.2) is 0 Å². The maximum atomic E-state index is 13.1. The zero-order chi connectivity index (χ0) is 22.1. The van der Waals surface area contributed by atoms with Crippen LogP contribution in [0.2, 0.25) is 0 Å². The number of thioether (sulfide) groups is 1. The van der Waals surface area contributed by atoms with Gasteiger partial charge in [-0.1, -0.05) is 18.2 Å². The van der Waals surface area contributed by atoms with Crippen molar-refractivity contribution in [2.75, 3.05) is 30.3 Å². The number of anilines is 1. The molecule has 1 saturated heterocycles. The molecule has 5 rings (SSSR count). The number of aryl methyl sites for hydroxylation is 1. The van der Waals surface area contributed by atoms with E-state index in [4.69, 9.17) is 0 Å². The number of hydrogen-bond acceptors (Lipinski definition) is 5. The molecule has 0 N–H and O–H groups in total. The largest absolute Gasteiger partial charge is 0.311 e. The molecule has 3 aromatic rings.